The number of thioether (sulfide) groups is 1. The molecule has 0 aliphatic carbocycles. The van der Waals surface area contributed by atoms with Gasteiger partial charge in [-0.1, -0.05) is 17.8 Å². The van der Waals surface area contributed by atoms with Crippen LogP contribution >= 0.6 is 11.8 Å². The molecule has 0 saturated carbocycles. The van der Waals surface area contributed by atoms with Crippen molar-refractivity contribution < 1.29 is 9.59 Å². The Bertz CT molecular complexity index is 1180. The van der Waals surface area contributed by atoms with Crippen LogP contribution in [-0.4, -0.2) is 42.4 Å². The van der Waals surface area contributed by atoms with Crippen LogP contribution in [0.15, 0.2) is 66.0 Å². The van der Waals surface area contributed by atoms with E-state index in [0.29, 0.717) is 27.7 Å². The first kappa shape index (κ1) is 18.6. The molecule has 1 aromatic carbocycles. The van der Waals surface area contributed by atoms with Gasteiger partial charge in [-0.2, -0.15) is 9.61 Å². The number of primary amides is 1. The zero-order valence-corrected chi connectivity index (χ0v) is 15.8. The minimum Gasteiger partial charge on any atom is -0.366 e. The summed E-state index contributed by atoms with van der Waals surface area (Å²) in [5.41, 5.74) is 8.14. The predicted molar refractivity (Wildman–Crippen MR) is 108 cm³/mol. The van der Waals surface area contributed by atoms with Gasteiger partial charge in [0.1, 0.15) is 5.69 Å². The number of benzene rings is 1. The topological polar surface area (TPSA) is 128 Å². The van der Waals surface area contributed by atoms with Crippen LogP contribution in [0.3, 0.4) is 0 Å². The molecule has 0 aliphatic heterocycles. The van der Waals surface area contributed by atoms with E-state index in [-0.39, 0.29) is 11.7 Å². The number of anilines is 1. The molecule has 0 saturated heterocycles. The molecule has 3 N–H and O–H groups in total. The molecule has 0 radical (unpaired) electrons. The standard InChI is InChI=1S/C19H15N7O2S/c20-18(28)12-4-6-13(7-5-12)22-17(27)11-29-19-24-23-16-9-8-15(25-26(16)19)14-3-1-2-10-21-14/h1-10H,11H2,(H2,20,28)(H,22,27). The van der Waals surface area contributed by atoms with Crippen LogP contribution in [0.2, 0.25) is 0 Å². The van der Waals surface area contributed by atoms with Crippen LogP contribution in [0, 0.1) is 0 Å². The number of amides is 2. The second-order valence-corrected chi connectivity index (χ2v) is 6.91. The number of carbonyl (C=O) groups is 2. The Morgan fingerprint density at radius 1 is 1.00 bits per heavy atom. The van der Waals surface area contributed by atoms with Crippen molar-refractivity contribution in [1.82, 2.24) is 24.8 Å². The second kappa shape index (κ2) is 8.07. The number of nitrogens with one attached hydrogen (secondary N) is 1. The molecule has 0 fully saturated rings. The molecule has 0 aliphatic rings. The van der Waals surface area contributed by atoms with Gasteiger partial charge in [0, 0.05) is 17.4 Å². The van der Waals surface area contributed by atoms with Gasteiger partial charge < -0.3 is 11.1 Å². The van der Waals surface area contributed by atoms with E-state index in [0.717, 1.165) is 5.69 Å². The Balaban J connectivity index is 1.45. The van der Waals surface area contributed by atoms with Gasteiger partial charge in [0.15, 0.2) is 5.65 Å². The van der Waals surface area contributed by atoms with Crippen LogP contribution in [0.4, 0.5) is 5.69 Å². The fourth-order valence-electron chi connectivity index (χ4n) is 2.56. The maximum Gasteiger partial charge on any atom is 0.248 e. The summed E-state index contributed by atoms with van der Waals surface area (Å²) < 4.78 is 1.59. The third kappa shape index (κ3) is 4.22. The van der Waals surface area contributed by atoms with Crippen molar-refractivity contribution in [2.24, 2.45) is 5.73 Å². The Kier molecular flexibility index (Phi) is 5.16. The molecule has 10 heteroatoms. The molecule has 3 aromatic heterocycles. The molecule has 29 heavy (non-hydrogen) atoms. The minimum absolute atomic E-state index is 0.119. The molecule has 0 atom stereocenters. The van der Waals surface area contributed by atoms with E-state index in [1.807, 2.05) is 24.3 Å². The van der Waals surface area contributed by atoms with Crippen LogP contribution in [0.1, 0.15) is 10.4 Å². The second-order valence-electron chi connectivity index (χ2n) is 5.96. The van der Waals surface area contributed by atoms with Gasteiger partial charge in [-0.15, -0.1) is 10.2 Å². The van der Waals surface area contributed by atoms with E-state index in [2.05, 4.69) is 25.6 Å². The number of nitrogens with two attached hydrogens (primary N) is 1. The lowest BCUT2D eigenvalue weighted by molar-refractivity contribution is -0.113. The van der Waals surface area contributed by atoms with Crippen molar-refractivity contribution in [1.29, 1.82) is 0 Å². The van der Waals surface area contributed by atoms with Crippen molar-refractivity contribution >= 4 is 34.9 Å². The minimum atomic E-state index is -0.519. The first-order valence-corrected chi connectivity index (χ1v) is 9.55. The maximum atomic E-state index is 12.2. The van der Waals surface area contributed by atoms with Crippen LogP contribution in [-0.2, 0) is 4.79 Å². The molecular weight excluding hydrogens is 390 g/mol. The molecule has 0 bridgehead atoms. The highest BCUT2D eigenvalue weighted by molar-refractivity contribution is 7.99. The summed E-state index contributed by atoms with van der Waals surface area (Å²) in [5.74, 6) is -0.623. The van der Waals surface area contributed by atoms with Gasteiger partial charge in [-0.25, -0.2) is 0 Å². The fourth-order valence-corrected chi connectivity index (χ4v) is 3.24. The van der Waals surface area contributed by atoms with E-state index in [9.17, 15) is 9.59 Å². The van der Waals surface area contributed by atoms with Gasteiger partial charge in [0.25, 0.3) is 0 Å². The number of aromatic nitrogens is 5. The number of fused-ring (bicyclic) bond motifs is 1. The monoisotopic (exact) mass is 405 g/mol. The molecule has 0 spiro atoms. The Morgan fingerprint density at radius 2 is 1.83 bits per heavy atom. The van der Waals surface area contributed by atoms with Crippen LogP contribution in [0.25, 0.3) is 17.0 Å². The fraction of sp³-hybridized carbons (Fsp3) is 0.0526. The lowest BCUT2D eigenvalue weighted by Gasteiger charge is -2.05. The zero-order valence-electron chi connectivity index (χ0n) is 15.0. The number of nitrogens with zero attached hydrogens (tertiary/aromatic N) is 5. The van der Waals surface area contributed by atoms with Crippen LogP contribution in [0.5, 0.6) is 0 Å². The zero-order chi connectivity index (χ0) is 20.2. The van der Waals surface area contributed by atoms with E-state index in [1.54, 1.807) is 41.0 Å². The van der Waals surface area contributed by atoms with Gasteiger partial charge in [0.2, 0.25) is 17.0 Å². The third-order valence-electron chi connectivity index (χ3n) is 3.95. The summed E-state index contributed by atoms with van der Waals surface area (Å²) in [7, 11) is 0. The number of pyridine rings is 1. The van der Waals surface area contributed by atoms with E-state index in [4.69, 9.17) is 5.73 Å². The molecule has 0 unspecified atom stereocenters. The summed E-state index contributed by atoms with van der Waals surface area (Å²) in [4.78, 5) is 27.6. The van der Waals surface area contributed by atoms with Gasteiger partial charge in [-0.3, -0.25) is 14.6 Å². The normalized spacial score (nSPS) is 10.8. The molecule has 2 amide bonds. The molecule has 144 valence electrons. The lowest BCUT2D eigenvalue weighted by atomic mass is 10.2. The highest BCUT2D eigenvalue weighted by Gasteiger charge is 2.12. The van der Waals surface area contributed by atoms with Crippen molar-refractivity contribution in [3.05, 3.63) is 66.4 Å². The summed E-state index contributed by atoms with van der Waals surface area (Å²) >= 11 is 1.22. The summed E-state index contributed by atoms with van der Waals surface area (Å²) in [6.45, 7) is 0. The van der Waals surface area contributed by atoms with E-state index < -0.39 is 5.91 Å². The van der Waals surface area contributed by atoms with Gasteiger partial charge in [-0.05, 0) is 48.5 Å². The highest BCUT2D eigenvalue weighted by Crippen LogP contribution is 2.20. The Hall–Kier alpha value is -3.79. The SMILES string of the molecule is NC(=O)c1ccc(NC(=O)CSc2nnc3ccc(-c4ccccn4)nn23)cc1. The number of hydrogen-bond donors (Lipinski definition) is 2. The number of rotatable bonds is 6. The lowest BCUT2D eigenvalue weighted by Crippen LogP contribution is -2.15. The molecule has 9 nitrogen and oxygen atoms in total. The molecule has 3 heterocycles. The first-order chi connectivity index (χ1) is 14.1. The molecular formula is C19H15N7O2S. The molecule has 4 aromatic rings. The Labute approximate surface area is 169 Å². The largest absolute Gasteiger partial charge is 0.366 e. The number of hydrogen-bond acceptors (Lipinski definition) is 7. The van der Waals surface area contributed by atoms with Crippen molar-refractivity contribution in [2.45, 2.75) is 5.16 Å². The van der Waals surface area contributed by atoms with Gasteiger partial charge in [0.05, 0.1) is 11.4 Å². The summed E-state index contributed by atoms with van der Waals surface area (Å²) in [6.07, 6.45) is 1.70. The first-order valence-electron chi connectivity index (χ1n) is 8.56. The van der Waals surface area contributed by atoms with Gasteiger partial charge >= 0.3 is 0 Å². The van der Waals surface area contributed by atoms with E-state index in [1.165, 1.54) is 11.8 Å². The average molecular weight is 405 g/mol. The summed E-state index contributed by atoms with van der Waals surface area (Å²) in [5, 5.41) is 16.0. The smallest absolute Gasteiger partial charge is 0.248 e. The highest BCUT2D eigenvalue weighted by atomic mass is 32.2. The predicted octanol–water partition coefficient (Wildman–Crippen LogP) is 2.02. The third-order valence-corrected chi connectivity index (χ3v) is 4.87. The average Bonchev–Trinajstić information content (AvgIpc) is 3.15. The van der Waals surface area contributed by atoms with Crippen molar-refractivity contribution in [3.8, 4) is 11.4 Å². The quantitative estimate of drug-likeness (QED) is 0.470. The van der Waals surface area contributed by atoms with Crippen molar-refractivity contribution in [3.63, 3.8) is 0 Å². The Morgan fingerprint density at radius 3 is 2.55 bits per heavy atom. The van der Waals surface area contributed by atoms with Crippen LogP contribution < -0.4 is 11.1 Å². The van der Waals surface area contributed by atoms with E-state index >= 15 is 0 Å². The molecule has 4 rings (SSSR count). The maximum absolute atomic E-state index is 12.2. The number of carbonyl (C=O) groups excluding carboxylic acids is 2. The van der Waals surface area contributed by atoms with Crippen molar-refractivity contribution in [2.75, 3.05) is 11.1 Å². The summed E-state index contributed by atoms with van der Waals surface area (Å²) in [6, 6.07) is 15.6.